The molecule has 5 rings (SSSR count). The van der Waals surface area contributed by atoms with Crippen LogP contribution >= 0.6 is 11.5 Å². The van der Waals surface area contributed by atoms with E-state index < -0.39 is 5.60 Å². The Balaban J connectivity index is 1.53. The highest BCUT2D eigenvalue weighted by Crippen LogP contribution is 2.34. The largest absolute Gasteiger partial charge is 0.467 e. The van der Waals surface area contributed by atoms with Crippen LogP contribution in [0.4, 0.5) is 15.6 Å². The summed E-state index contributed by atoms with van der Waals surface area (Å²) in [5.74, 6) is 1.23. The maximum Gasteiger partial charge on any atom is 0.410 e. The highest BCUT2D eigenvalue weighted by molar-refractivity contribution is 7.10. The van der Waals surface area contributed by atoms with Crippen LogP contribution in [0.5, 0.6) is 0 Å². The van der Waals surface area contributed by atoms with E-state index >= 15 is 0 Å². The second-order valence-electron chi connectivity index (χ2n) is 10.2. The van der Waals surface area contributed by atoms with Crippen molar-refractivity contribution in [3.63, 3.8) is 0 Å². The number of amides is 1. The zero-order chi connectivity index (χ0) is 26.2. The number of furan rings is 1. The number of nitrogens with one attached hydrogen (secondary N) is 1. The monoisotopic (exact) mass is 523 g/mol. The summed E-state index contributed by atoms with van der Waals surface area (Å²) in [6.07, 6.45) is 4.74. The van der Waals surface area contributed by atoms with E-state index in [1.165, 1.54) is 11.5 Å². The van der Waals surface area contributed by atoms with Gasteiger partial charge in [0.05, 0.1) is 23.8 Å². The second kappa shape index (κ2) is 9.92. The topological polar surface area (TPSA) is 127 Å². The van der Waals surface area contributed by atoms with Gasteiger partial charge in [0, 0.05) is 36.2 Å². The number of likely N-dealkylation sites (tertiary alicyclic amines) is 1. The van der Waals surface area contributed by atoms with Crippen LogP contribution < -0.4 is 5.32 Å². The second-order valence-corrected chi connectivity index (χ2v) is 11.0. The zero-order valence-electron chi connectivity index (χ0n) is 21.2. The summed E-state index contributed by atoms with van der Waals surface area (Å²) in [4.78, 5) is 30.2. The van der Waals surface area contributed by atoms with Gasteiger partial charge >= 0.3 is 6.09 Å². The smallest absolute Gasteiger partial charge is 0.410 e. The maximum absolute atomic E-state index is 12.8. The lowest BCUT2D eigenvalue weighted by Crippen LogP contribution is -2.42. The Bertz CT molecular complexity index is 1430. The van der Waals surface area contributed by atoms with E-state index in [0.29, 0.717) is 24.5 Å². The van der Waals surface area contributed by atoms with E-state index in [4.69, 9.17) is 14.1 Å². The molecule has 0 saturated carbocycles. The summed E-state index contributed by atoms with van der Waals surface area (Å²) in [7, 11) is 0. The molecule has 0 aromatic carbocycles. The third kappa shape index (κ3) is 5.48. The Morgan fingerprint density at radius 1 is 1.32 bits per heavy atom. The number of aromatic nitrogens is 4. The van der Waals surface area contributed by atoms with Crippen LogP contribution in [0.3, 0.4) is 0 Å². The number of aryl methyl sites for hydroxylation is 1. The average Bonchev–Trinajstić information content (AvgIpc) is 3.58. The van der Waals surface area contributed by atoms with Crippen LogP contribution in [0.1, 0.15) is 56.7 Å². The Morgan fingerprint density at radius 2 is 2.16 bits per heavy atom. The SMILES string of the molecule is Cc1cc(Nc2cc(C3CCCN(C(=O)OC(C)(C)C)C3)nc3c(-c4coc(CN=O)c4)cnn23)sn1. The average molecular weight is 524 g/mol. The molecular formula is C25H29N7O4S. The molecule has 5 heterocycles. The first-order chi connectivity index (χ1) is 17.7. The minimum atomic E-state index is -0.555. The van der Waals surface area contributed by atoms with Crippen molar-refractivity contribution in [3.8, 4) is 11.1 Å². The Labute approximate surface area is 218 Å². The fraction of sp³-hybridized carbons (Fsp3) is 0.440. The van der Waals surface area contributed by atoms with E-state index in [2.05, 4.69) is 20.0 Å². The zero-order valence-corrected chi connectivity index (χ0v) is 22.0. The van der Waals surface area contributed by atoms with Gasteiger partial charge in [0.2, 0.25) is 0 Å². The number of hydrogen-bond donors (Lipinski definition) is 1. The van der Waals surface area contributed by atoms with Crippen molar-refractivity contribution in [2.24, 2.45) is 5.18 Å². The number of carbonyl (C=O) groups excluding carboxylic acids is 1. The Morgan fingerprint density at radius 3 is 2.89 bits per heavy atom. The van der Waals surface area contributed by atoms with Crippen molar-refractivity contribution in [2.45, 2.75) is 58.6 Å². The van der Waals surface area contributed by atoms with Crippen molar-refractivity contribution < 1.29 is 13.9 Å². The molecule has 1 fully saturated rings. The fourth-order valence-corrected chi connectivity index (χ4v) is 5.08. The number of piperidine rings is 1. The van der Waals surface area contributed by atoms with E-state index in [0.717, 1.165) is 46.2 Å². The van der Waals surface area contributed by atoms with Gasteiger partial charge in [0.15, 0.2) is 5.65 Å². The lowest BCUT2D eigenvalue weighted by atomic mass is 9.94. The first-order valence-electron chi connectivity index (χ1n) is 12.1. The molecule has 1 aliphatic heterocycles. The van der Waals surface area contributed by atoms with Crippen molar-refractivity contribution in [1.29, 1.82) is 0 Å². The summed E-state index contributed by atoms with van der Waals surface area (Å²) in [6, 6.07) is 5.73. The molecule has 0 bridgehead atoms. The molecule has 4 aromatic heterocycles. The molecule has 12 heteroatoms. The third-order valence-electron chi connectivity index (χ3n) is 6.05. The van der Waals surface area contributed by atoms with E-state index in [-0.39, 0.29) is 18.6 Å². The molecule has 4 aromatic rings. The Hall–Kier alpha value is -3.80. The first-order valence-corrected chi connectivity index (χ1v) is 12.9. The fourth-order valence-electron chi connectivity index (χ4n) is 4.41. The van der Waals surface area contributed by atoms with Gasteiger partial charge in [-0.25, -0.2) is 9.78 Å². The maximum atomic E-state index is 12.8. The number of fused-ring (bicyclic) bond motifs is 1. The van der Waals surface area contributed by atoms with Crippen molar-refractivity contribution >= 4 is 34.1 Å². The molecule has 1 atom stereocenters. The third-order valence-corrected chi connectivity index (χ3v) is 6.84. The number of rotatable bonds is 6. The van der Waals surface area contributed by atoms with Crippen molar-refractivity contribution in [2.75, 3.05) is 18.4 Å². The number of hydrogen-bond acceptors (Lipinski definition) is 10. The summed E-state index contributed by atoms with van der Waals surface area (Å²) in [5.41, 5.74) is 3.39. The van der Waals surface area contributed by atoms with Gasteiger partial charge in [-0.3, -0.25) is 0 Å². The normalized spacial score (nSPS) is 16.2. The summed E-state index contributed by atoms with van der Waals surface area (Å²) < 4.78 is 17.2. The number of anilines is 2. The van der Waals surface area contributed by atoms with Gasteiger partial charge < -0.3 is 19.4 Å². The van der Waals surface area contributed by atoms with Crippen LogP contribution in [-0.4, -0.2) is 48.7 Å². The van der Waals surface area contributed by atoms with E-state index in [1.54, 1.807) is 27.9 Å². The van der Waals surface area contributed by atoms with Crippen molar-refractivity contribution in [3.05, 3.63) is 52.7 Å². The predicted molar refractivity (Wildman–Crippen MR) is 140 cm³/mol. The Kier molecular flexibility index (Phi) is 6.67. The summed E-state index contributed by atoms with van der Waals surface area (Å²) in [6.45, 7) is 8.68. The lowest BCUT2D eigenvalue weighted by molar-refractivity contribution is 0.0197. The molecule has 1 unspecified atom stereocenters. The lowest BCUT2D eigenvalue weighted by Gasteiger charge is -2.34. The van der Waals surface area contributed by atoms with Crippen LogP contribution in [0.15, 0.2) is 40.3 Å². The minimum absolute atomic E-state index is 0.0249. The molecule has 11 nitrogen and oxygen atoms in total. The molecule has 37 heavy (non-hydrogen) atoms. The van der Waals surface area contributed by atoms with Gasteiger partial charge in [-0.15, -0.1) is 0 Å². The number of nitroso groups, excluding NO2 is 1. The predicted octanol–water partition coefficient (Wildman–Crippen LogP) is 5.88. The molecule has 1 saturated heterocycles. The molecule has 1 N–H and O–H groups in total. The van der Waals surface area contributed by atoms with E-state index in [1.807, 2.05) is 39.8 Å². The standard InChI is InChI=1S/C25H29N7O4S/c1-15-8-22(37-30-15)29-21-10-20(16-6-5-7-31(13-16)24(33)36-25(2,3)4)28-23-19(12-26-32(21)23)17-9-18(11-27-34)35-14-17/h8-10,12,14,16,29H,5-7,11,13H2,1-4H3. The number of nitrogens with zero attached hydrogens (tertiary/aromatic N) is 6. The summed E-state index contributed by atoms with van der Waals surface area (Å²) >= 11 is 1.37. The molecule has 0 spiro atoms. The highest BCUT2D eigenvalue weighted by atomic mass is 32.1. The molecule has 194 valence electrons. The summed E-state index contributed by atoms with van der Waals surface area (Å²) in [5, 5.41) is 11.8. The minimum Gasteiger partial charge on any atom is -0.467 e. The molecule has 1 aliphatic rings. The van der Waals surface area contributed by atoms with Gasteiger partial charge in [0.1, 0.15) is 28.7 Å². The van der Waals surface area contributed by atoms with Crippen LogP contribution in [0, 0.1) is 11.8 Å². The van der Waals surface area contributed by atoms with Gasteiger partial charge in [0.25, 0.3) is 0 Å². The van der Waals surface area contributed by atoms with Crippen LogP contribution in [0.25, 0.3) is 16.8 Å². The highest BCUT2D eigenvalue weighted by Gasteiger charge is 2.30. The number of carbonyl (C=O) groups is 1. The quantitative estimate of drug-likeness (QED) is 0.310. The van der Waals surface area contributed by atoms with Gasteiger partial charge in [-0.2, -0.15) is 18.9 Å². The molecule has 0 radical (unpaired) electrons. The van der Waals surface area contributed by atoms with E-state index in [9.17, 15) is 9.70 Å². The van der Waals surface area contributed by atoms with Crippen LogP contribution in [0.2, 0.25) is 0 Å². The van der Waals surface area contributed by atoms with Crippen LogP contribution in [-0.2, 0) is 11.3 Å². The first kappa shape index (κ1) is 24.9. The van der Waals surface area contributed by atoms with Gasteiger partial charge in [-0.05, 0) is 64.2 Å². The van der Waals surface area contributed by atoms with Gasteiger partial charge in [-0.1, -0.05) is 5.18 Å². The molecular weight excluding hydrogens is 494 g/mol. The molecule has 0 aliphatic carbocycles. The number of ether oxygens (including phenoxy) is 1. The molecule has 1 amide bonds. The van der Waals surface area contributed by atoms with Crippen molar-refractivity contribution in [1.82, 2.24) is 23.9 Å².